The normalized spacial score (nSPS) is 13.5. The van der Waals surface area contributed by atoms with Gasteiger partial charge in [-0.1, -0.05) is 34.9 Å². The highest BCUT2D eigenvalue weighted by atomic mass is 33.1. The number of carbonyl (C=O) groups excluding carboxylic acids is 2. The van der Waals surface area contributed by atoms with E-state index in [0.717, 1.165) is 34.4 Å². The van der Waals surface area contributed by atoms with Gasteiger partial charge in [0.15, 0.2) is 0 Å². The van der Waals surface area contributed by atoms with Gasteiger partial charge in [-0.05, 0) is 12.8 Å². The number of hydrogen-bond donors (Lipinski definition) is 2. The van der Waals surface area contributed by atoms with Crippen LogP contribution >= 0.6 is 21.6 Å². The molecule has 202 valence electrons. The van der Waals surface area contributed by atoms with E-state index in [1.807, 2.05) is 6.92 Å². The molecule has 14 heteroatoms. The van der Waals surface area contributed by atoms with Gasteiger partial charge in [-0.15, -0.1) is 0 Å². The van der Waals surface area contributed by atoms with E-state index >= 15 is 0 Å². The molecule has 0 aromatic carbocycles. The van der Waals surface area contributed by atoms with Gasteiger partial charge in [0.25, 0.3) is 0 Å². The summed E-state index contributed by atoms with van der Waals surface area (Å²) < 4.78 is 36.5. The van der Waals surface area contributed by atoms with Crippen LogP contribution in [0, 0.1) is 0 Å². The molecule has 34 heavy (non-hydrogen) atoms. The molecule has 0 rings (SSSR count). The van der Waals surface area contributed by atoms with E-state index < -0.39 is 33.0 Å². The van der Waals surface area contributed by atoms with E-state index in [1.54, 1.807) is 21.3 Å². The van der Waals surface area contributed by atoms with Gasteiger partial charge in [-0.3, -0.25) is 9.59 Å². The zero-order valence-corrected chi connectivity index (χ0v) is 23.2. The molecule has 0 saturated carbocycles. The molecule has 0 heterocycles. The van der Waals surface area contributed by atoms with Gasteiger partial charge in [0.1, 0.15) is 36.9 Å². The fourth-order valence-electron chi connectivity index (χ4n) is 2.37. The van der Waals surface area contributed by atoms with Crippen LogP contribution in [0.25, 0.3) is 0 Å². The summed E-state index contributed by atoms with van der Waals surface area (Å²) in [5, 5.41) is 19.5. The first kappa shape index (κ1) is 33.6. The average Bonchev–Trinajstić information content (AvgIpc) is 2.84. The van der Waals surface area contributed by atoms with Crippen LogP contribution in [0.2, 0.25) is 6.04 Å². The van der Waals surface area contributed by atoms with Gasteiger partial charge >= 0.3 is 20.7 Å². The number of hydrogen-bond acceptors (Lipinski definition) is 13. The molecular weight excluding hydrogens is 508 g/mol. The summed E-state index contributed by atoms with van der Waals surface area (Å²) in [6, 6.07) is 0.581. The standard InChI is InChI=1S/C20H40O11S2Si/c1-5-6-8-28-11-17(21)13-30-19(23)15-32-33-16-20(24)31-14-18(22)12-29-9-7-10-34(25-2,26-3)27-4/h17-18,21-22H,5-16H2,1-4H3. The van der Waals surface area contributed by atoms with Crippen molar-refractivity contribution in [2.24, 2.45) is 0 Å². The minimum atomic E-state index is -2.63. The minimum absolute atomic E-state index is 0.0111. The molecule has 2 atom stereocenters. The van der Waals surface area contributed by atoms with Crippen molar-refractivity contribution < 1.29 is 52.0 Å². The van der Waals surface area contributed by atoms with Crippen LogP contribution in [0.1, 0.15) is 26.2 Å². The first-order chi connectivity index (χ1) is 16.3. The molecule has 0 aliphatic carbocycles. The molecule has 0 fully saturated rings. The van der Waals surface area contributed by atoms with Crippen LogP contribution < -0.4 is 0 Å². The van der Waals surface area contributed by atoms with E-state index in [1.165, 1.54) is 0 Å². The quantitative estimate of drug-likeness (QED) is 0.0821. The number of rotatable bonds is 23. The number of carbonyl (C=O) groups is 2. The Balaban J connectivity index is 3.71. The Bertz CT molecular complexity index is 518. The molecule has 0 aromatic heterocycles. The topological polar surface area (TPSA) is 139 Å². The zero-order chi connectivity index (χ0) is 25.7. The average molecular weight is 549 g/mol. The van der Waals surface area contributed by atoms with E-state index in [4.69, 9.17) is 32.2 Å². The number of aliphatic hydroxyl groups excluding tert-OH is 2. The van der Waals surface area contributed by atoms with Crippen LogP contribution in [0.5, 0.6) is 0 Å². The van der Waals surface area contributed by atoms with E-state index in [0.29, 0.717) is 25.7 Å². The third-order valence-corrected chi connectivity index (χ3v) is 9.19. The summed E-state index contributed by atoms with van der Waals surface area (Å²) >= 11 is 0. The van der Waals surface area contributed by atoms with Crippen LogP contribution in [-0.4, -0.2) is 116 Å². The predicted molar refractivity (Wildman–Crippen MR) is 132 cm³/mol. The maximum absolute atomic E-state index is 11.7. The Morgan fingerprint density at radius 2 is 1.21 bits per heavy atom. The number of esters is 2. The molecule has 11 nitrogen and oxygen atoms in total. The van der Waals surface area contributed by atoms with Gasteiger partial charge in [-0.25, -0.2) is 0 Å². The van der Waals surface area contributed by atoms with Gasteiger partial charge in [0.05, 0.1) is 13.2 Å². The Morgan fingerprint density at radius 3 is 1.62 bits per heavy atom. The van der Waals surface area contributed by atoms with Crippen molar-refractivity contribution in [3.8, 4) is 0 Å². The molecule has 2 N–H and O–H groups in total. The Morgan fingerprint density at radius 1 is 0.765 bits per heavy atom. The fraction of sp³-hybridized carbons (Fsp3) is 0.900. The maximum atomic E-state index is 11.7. The lowest BCUT2D eigenvalue weighted by Crippen LogP contribution is -2.42. The van der Waals surface area contributed by atoms with Crippen molar-refractivity contribution in [1.82, 2.24) is 0 Å². The summed E-state index contributed by atoms with van der Waals surface area (Å²) in [6.45, 7) is 2.81. The fourth-order valence-corrected chi connectivity index (χ4v) is 5.66. The second-order valence-electron chi connectivity index (χ2n) is 7.10. The van der Waals surface area contributed by atoms with Crippen molar-refractivity contribution in [2.75, 3.05) is 72.5 Å². The molecule has 0 spiro atoms. The second kappa shape index (κ2) is 21.8. The van der Waals surface area contributed by atoms with E-state index in [-0.39, 0.29) is 37.9 Å². The van der Waals surface area contributed by atoms with E-state index in [2.05, 4.69) is 0 Å². The molecule has 0 aromatic rings. The first-order valence-corrected chi connectivity index (χ1v) is 15.5. The SMILES string of the molecule is CCCCOCC(O)COC(=O)CSSCC(=O)OCC(O)COCCC[Si](OC)(OC)OC. The summed E-state index contributed by atoms with van der Waals surface area (Å²) in [6.07, 6.45) is 0.752. The van der Waals surface area contributed by atoms with Gasteiger partial charge in [0.2, 0.25) is 0 Å². The maximum Gasteiger partial charge on any atom is 0.500 e. The monoisotopic (exact) mass is 548 g/mol. The third-order valence-electron chi connectivity index (χ3n) is 4.28. The van der Waals surface area contributed by atoms with Crippen LogP contribution in [0.15, 0.2) is 0 Å². The van der Waals surface area contributed by atoms with Gasteiger partial charge in [-0.2, -0.15) is 0 Å². The highest BCUT2D eigenvalue weighted by Crippen LogP contribution is 2.21. The Kier molecular flexibility index (Phi) is 21.6. The predicted octanol–water partition coefficient (Wildman–Crippen LogP) is 1.28. The summed E-state index contributed by atoms with van der Waals surface area (Å²) in [7, 11) is 4.27. The molecule has 0 bridgehead atoms. The molecule has 0 amide bonds. The summed E-state index contributed by atoms with van der Waals surface area (Å²) in [5.74, 6) is -0.970. The molecular formula is C20H40O11S2Si. The highest BCUT2D eigenvalue weighted by molar-refractivity contribution is 8.77. The minimum Gasteiger partial charge on any atom is -0.462 e. The lowest BCUT2D eigenvalue weighted by atomic mass is 10.3. The molecule has 0 saturated heterocycles. The van der Waals surface area contributed by atoms with E-state index in [9.17, 15) is 19.8 Å². The first-order valence-electron chi connectivity index (χ1n) is 11.0. The second-order valence-corrected chi connectivity index (χ2v) is 12.7. The lowest BCUT2D eigenvalue weighted by molar-refractivity contribution is -0.145. The van der Waals surface area contributed by atoms with Gasteiger partial charge < -0.3 is 42.4 Å². The van der Waals surface area contributed by atoms with Gasteiger partial charge in [0, 0.05) is 40.6 Å². The van der Waals surface area contributed by atoms with Crippen LogP contribution in [0.4, 0.5) is 0 Å². The summed E-state index contributed by atoms with van der Waals surface area (Å²) in [4.78, 5) is 23.4. The lowest BCUT2D eigenvalue weighted by Gasteiger charge is -2.24. The largest absolute Gasteiger partial charge is 0.500 e. The smallest absolute Gasteiger partial charge is 0.462 e. The number of ether oxygens (including phenoxy) is 4. The third kappa shape index (κ3) is 17.9. The number of aliphatic hydroxyl groups is 2. The Labute approximate surface area is 211 Å². The van der Waals surface area contributed by atoms with Crippen molar-refractivity contribution >= 4 is 42.3 Å². The van der Waals surface area contributed by atoms with Crippen LogP contribution in [0.3, 0.4) is 0 Å². The van der Waals surface area contributed by atoms with Crippen molar-refractivity contribution in [2.45, 2.75) is 44.4 Å². The molecule has 0 aliphatic rings. The Hall–Kier alpha value is -0.423. The summed E-state index contributed by atoms with van der Waals surface area (Å²) in [5.41, 5.74) is 0. The van der Waals surface area contributed by atoms with Crippen molar-refractivity contribution in [3.05, 3.63) is 0 Å². The zero-order valence-electron chi connectivity index (χ0n) is 20.5. The van der Waals surface area contributed by atoms with Crippen molar-refractivity contribution in [3.63, 3.8) is 0 Å². The van der Waals surface area contributed by atoms with Crippen molar-refractivity contribution in [1.29, 1.82) is 0 Å². The molecule has 2 unspecified atom stereocenters. The molecule has 0 radical (unpaired) electrons. The highest BCUT2D eigenvalue weighted by Gasteiger charge is 2.36. The number of unbranched alkanes of at least 4 members (excludes halogenated alkanes) is 1. The molecule has 0 aliphatic heterocycles. The van der Waals surface area contributed by atoms with Crippen LogP contribution in [-0.2, 0) is 41.8 Å².